The van der Waals surface area contributed by atoms with Crippen LogP contribution in [-0.4, -0.2) is 22.8 Å². The first-order valence-corrected chi connectivity index (χ1v) is 10.0. The van der Waals surface area contributed by atoms with E-state index in [4.69, 9.17) is 10.5 Å². The molecule has 0 amide bonds. The highest BCUT2D eigenvalue weighted by Crippen LogP contribution is 2.43. The summed E-state index contributed by atoms with van der Waals surface area (Å²) in [7, 11) is 0. The third kappa shape index (κ3) is 3.75. The van der Waals surface area contributed by atoms with Crippen molar-refractivity contribution >= 4 is 39.3 Å². The van der Waals surface area contributed by atoms with Gasteiger partial charge >= 0.3 is 5.97 Å². The number of carbonyl (C=O) groups excluding carboxylic acids is 1. The second kappa shape index (κ2) is 8.24. The molecule has 144 valence electrons. The minimum absolute atomic E-state index is 0.329. The molecule has 5 nitrogen and oxygen atoms in total. The minimum atomic E-state index is -0.399. The zero-order valence-electron chi connectivity index (χ0n) is 15.8. The fourth-order valence-electron chi connectivity index (χ4n) is 3.17. The molecular formula is C23H19N3O2S. The van der Waals surface area contributed by atoms with Crippen molar-refractivity contribution in [1.29, 1.82) is 0 Å². The van der Waals surface area contributed by atoms with Crippen LogP contribution in [0, 0.1) is 0 Å². The molecule has 2 N–H and O–H groups in total. The number of ether oxygens (including phenoxy) is 1. The van der Waals surface area contributed by atoms with Gasteiger partial charge in [0.2, 0.25) is 0 Å². The summed E-state index contributed by atoms with van der Waals surface area (Å²) in [4.78, 5) is 13.2. The van der Waals surface area contributed by atoms with Gasteiger partial charge in [-0.3, -0.25) is 0 Å². The molecule has 2 heterocycles. The van der Waals surface area contributed by atoms with E-state index in [1.165, 1.54) is 17.4 Å². The molecule has 0 saturated heterocycles. The van der Waals surface area contributed by atoms with Crippen molar-refractivity contribution in [1.82, 2.24) is 10.2 Å². The van der Waals surface area contributed by atoms with Crippen molar-refractivity contribution in [2.45, 2.75) is 6.92 Å². The van der Waals surface area contributed by atoms with Crippen LogP contribution in [0.5, 0.6) is 0 Å². The van der Waals surface area contributed by atoms with Crippen LogP contribution in [-0.2, 0) is 9.53 Å². The van der Waals surface area contributed by atoms with Crippen molar-refractivity contribution in [2.75, 3.05) is 12.3 Å². The molecule has 0 aliphatic rings. The number of fused-ring (bicyclic) bond motifs is 1. The number of nitrogens with zero attached hydrogens (tertiary/aromatic N) is 2. The van der Waals surface area contributed by atoms with E-state index in [0.717, 1.165) is 37.5 Å². The third-order valence-corrected chi connectivity index (χ3v) is 5.51. The molecule has 0 fully saturated rings. The molecule has 4 aromatic rings. The van der Waals surface area contributed by atoms with Crippen molar-refractivity contribution in [3.8, 4) is 22.4 Å². The van der Waals surface area contributed by atoms with E-state index in [9.17, 15) is 4.79 Å². The van der Waals surface area contributed by atoms with Crippen LogP contribution in [0.2, 0.25) is 0 Å². The van der Waals surface area contributed by atoms with Crippen LogP contribution in [0.15, 0.2) is 66.7 Å². The molecule has 0 aliphatic carbocycles. The quantitative estimate of drug-likeness (QED) is 0.368. The Morgan fingerprint density at radius 2 is 1.69 bits per heavy atom. The molecule has 0 atom stereocenters. The summed E-state index contributed by atoms with van der Waals surface area (Å²) in [5, 5.41) is 9.79. The van der Waals surface area contributed by atoms with E-state index in [1.807, 2.05) is 60.7 Å². The average molecular weight is 401 g/mol. The first-order valence-electron chi connectivity index (χ1n) is 9.23. The monoisotopic (exact) mass is 401 g/mol. The Labute approximate surface area is 172 Å². The molecule has 6 heteroatoms. The van der Waals surface area contributed by atoms with E-state index in [0.29, 0.717) is 12.3 Å². The molecule has 29 heavy (non-hydrogen) atoms. The van der Waals surface area contributed by atoms with Gasteiger partial charge in [-0.2, -0.15) is 0 Å². The maximum Gasteiger partial charge on any atom is 0.330 e. The highest BCUT2D eigenvalue weighted by molar-refractivity contribution is 7.20. The zero-order chi connectivity index (χ0) is 20.2. The fourth-order valence-corrected chi connectivity index (χ4v) is 4.12. The highest BCUT2D eigenvalue weighted by atomic mass is 32.1. The summed E-state index contributed by atoms with van der Waals surface area (Å²) >= 11 is 1.40. The maximum absolute atomic E-state index is 11.7. The Hall–Kier alpha value is -3.51. The summed E-state index contributed by atoms with van der Waals surface area (Å²) in [6.45, 7) is 2.10. The SMILES string of the molecule is CCOC(=O)/C=C/c1sc2nnc(-c3ccccc3)c(-c3ccccc3)c2c1N. The molecule has 0 radical (unpaired) electrons. The summed E-state index contributed by atoms with van der Waals surface area (Å²) in [5.74, 6) is -0.399. The topological polar surface area (TPSA) is 78.1 Å². The summed E-state index contributed by atoms with van der Waals surface area (Å²) in [6, 6.07) is 19.9. The van der Waals surface area contributed by atoms with Gasteiger partial charge in [0, 0.05) is 22.6 Å². The lowest BCUT2D eigenvalue weighted by Gasteiger charge is -2.11. The summed E-state index contributed by atoms with van der Waals surface area (Å²) in [5.41, 5.74) is 10.8. The van der Waals surface area contributed by atoms with Gasteiger partial charge in [-0.05, 0) is 18.6 Å². The number of anilines is 1. The number of nitrogen functional groups attached to an aromatic ring is 1. The largest absolute Gasteiger partial charge is 0.463 e. The predicted molar refractivity (Wildman–Crippen MR) is 118 cm³/mol. The van der Waals surface area contributed by atoms with Crippen LogP contribution in [0.3, 0.4) is 0 Å². The lowest BCUT2D eigenvalue weighted by Crippen LogP contribution is -1.98. The van der Waals surface area contributed by atoms with Gasteiger partial charge in [-0.25, -0.2) is 4.79 Å². The van der Waals surface area contributed by atoms with Crippen LogP contribution in [0.4, 0.5) is 5.69 Å². The van der Waals surface area contributed by atoms with Crippen molar-refractivity contribution in [2.24, 2.45) is 0 Å². The maximum atomic E-state index is 11.7. The molecule has 4 rings (SSSR count). The number of hydrogen-bond acceptors (Lipinski definition) is 6. The Bertz CT molecular complexity index is 1190. The number of thiophene rings is 1. The Kier molecular flexibility index (Phi) is 5.35. The second-order valence-electron chi connectivity index (χ2n) is 6.30. The van der Waals surface area contributed by atoms with Gasteiger partial charge in [0.05, 0.1) is 17.2 Å². The number of benzene rings is 2. The number of nitrogens with two attached hydrogens (primary N) is 1. The summed E-state index contributed by atoms with van der Waals surface area (Å²) < 4.78 is 4.96. The smallest absolute Gasteiger partial charge is 0.330 e. The van der Waals surface area contributed by atoms with Gasteiger partial charge in [0.1, 0.15) is 10.5 Å². The first-order chi connectivity index (χ1) is 14.2. The molecule has 0 unspecified atom stereocenters. The number of esters is 1. The molecule has 0 saturated carbocycles. The Balaban J connectivity index is 1.95. The number of aromatic nitrogens is 2. The van der Waals surface area contributed by atoms with Crippen molar-refractivity contribution in [3.63, 3.8) is 0 Å². The Morgan fingerprint density at radius 1 is 1.03 bits per heavy atom. The lowest BCUT2D eigenvalue weighted by molar-refractivity contribution is -0.137. The van der Waals surface area contributed by atoms with Crippen molar-refractivity contribution in [3.05, 3.63) is 71.6 Å². The van der Waals surface area contributed by atoms with Gasteiger partial charge in [-0.15, -0.1) is 21.5 Å². The molecule has 2 aromatic heterocycles. The zero-order valence-corrected chi connectivity index (χ0v) is 16.6. The van der Waals surface area contributed by atoms with Gasteiger partial charge < -0.3 is 10.5 Å². The third-order valence-electron chi connectivity index (χ3n) is 4.45. The van der Waals surface area contributed by atoms with E-state index in [2.05, 4.69) is 10.2 Å². The van der Waals surface area contributed by atoms with Gasteiger partial charge in [0.25, 0.3) is 0 Å². The molecule has 2 aromatic carbocycles. The molecule has 0 aliphatic heterocycles. The number of carbonyl (C=O) groups is 1. The lowest BCUT2D eigenvalue weighted by atomic mass is 9.96. The van der Waals surface area contributed by atoms with Crippen LogP contribution in [0.25, 0.3) is 38.7 Å². The first kappa shape index (κ1) is 18.8. The van der Waals surface area contributed by atoms with Crippen LogP contribution in [0.1, 0.15) is 11.8 Å². The second-order valence-corrected chi connectivity index (χ2v) is 7.33. The van der Waals surface area contributed by atoms with Crippen LogP contribution >= 0.6 is 11.3 Å². The van der Waals surface area contributed by atoms with E-state index in [-0.39, 0.29) is 0 Å². The van der Waals surface area contributed by atoms with Crippen molar-refractivity contribution < 1.29 is 9.53 Å². The van der Waals surface area contributed by atoms with E-state index >= 15 is 0 Å². The standard InChI is InChI=1S/C23H19N3O2S/c1-2-28-18(27)14-13-17-21(24)20-19(15-9-5-3-6-10-15)22(25-26-23(20)29-17)16-11-7-4-8-12-16/h3-14H,2,24H2,1H3/b14-13+. The number of rotatable bonds is 5. The van der Waals surface area contributed by atoms with Crippen LogP contribution < -0.4 is 5.73 Å². The fraction of sp³-hybridized carbons (Fsp3) is 0.0870. The molecular weight excluding hydrogens is 382 g/mol. The molecule has 0 spiro atoms. The normalized spacial score (nSPS) is 11.2. The summed E-state index contributed by atoms with van der Waals surface area (Å²) in [6.07, 6.45) is 3.06. The van der Waals surface area contributed by atoms with E-state index in [1.54, 1.807) is 13.0 Å². The molecule has 0 bridgehead atoms. The van der Waals surface area contributed by atoms with Gasteiger partial charge in [0.15, 0.2) is 0 Å². The highest BCUT2D eigenvalue weighted by Gasteiger charge is 2.20. The average Bonchev–Trinajstić information content (AvgIpc) is 3.09. The predicted octanol–water partition coefficient (Wildman–Crippen LogP) is 5.18. The number of hydrogen-bond donors (Lipinski definition) is 1. The van der Waals surface area contributed by atoms with Gasteiger partial charge in [-0.1, -0.05) is 60.7 Å². The van der Waals surface area contributed by atoms with E-state index < -0.39 is 5.97 Å². The Morgan fingerprint density at radius 3 is 2.34 bits per heavy atom. The minimum Gasteiger partial charge on any atom is -0.463 e.